The van der Waals surface area contributed by atoms with Crippen molar-refractivity contribution in [3.8, 4) is 0 Å². The first-order valence-corrected chi connectivity index (χ1v) is 7.48. The summed E-state index contributed by atoms with van der Waals surface area (Å²) in [5, 5.41) is 3.23. The first-order chi connectivity index (χ1) is 8.56. The molecular weight excluding hydrogens is 368 g/mol. The predicted octanol–water partition coefficient (Wildman–Crippen LogP) is 3.71. The number of benzene rings is 1. The zero-order valence-electron chi connectivity index (χ0n) is 9.76. The third-order valence-electron chi connectivity index (χ3n) is 3.17. The number of nitrogens with one attached hydrogen (secondary N) is 1. The van der Waals surface area contributed by atoms with E-state index >= 15 is 0 Å². The van der Waals surface area contributed by atoms with Crippen LogP contribution in [0.15, 0.2) is 18.2 Å². The van der Waals surface area contributed by atoms with Gasteiger partial charge in [-0.05, 0) is 66.5 Å². The van der Waals surface area contributed by atoms with Crippen molar-refractivity contribution < 1.29 is 9.18 Å². The molecule has 2 rings (SSSR count). The van der Waals surface area contributed by atoms with Crippen LogP contribution in [0, 0.1) is 9.39 Å². The molecule has 1 aliphatic carbocycles. The number of hydrogen-bond donors (Lipinski definition) is 1. The first-order valence-electron chi connectivity index (χ1n) is 5.96. The van der Waals surface area contributed by atoms with Gasteiger partial charge in [-0.15, -0.1) is 11.6 Å². The quantitative estimate of drug-likeness (QED) is 0.614. The van der Waals surface area contributed by atoms with Crippen molar-refractivity contribution in [2.45, 2.75) is 37.1 Å². The van der Waals surface area contributed by atoms with Gasteiger partial charge >= 0.3 is 0 Å². The summed E-state index contributed by atoms with van der Waals surface area (Å²) in [6.07, 6.45) is 3.70. The molecule has 0 bridgehead atoms. The van der Waals surface area contributed by atoms with E-state index < -0.39 is 0 Å². The Morgan fingerprint density at radius 1 is 1.33 bits per heavy atom. The van der Waals surface area contributed by atoms with E-state index in [2.05, 4.69) is 5.32 Å². The summed E-state index contributed by atoms with van der Waals surface area (Å²) in [5.74, 6) is -0.448. The largest absolute Gasteiger partial charge is 0.349 e. The molecular formula is C13H14ClFINO. The van der Waals surface area contributed by atoms with E-state index in [1.807, 2.05) is 22.6 Å². The average molecular weight is 382 g/mol. The minimum Gasteiger partial charge on any atom is -0.349 e. The Labute approximate surface area is 124 Å². The van der Waals surface area contributed by atoms with Gasteiger partial charge in [0.2, 0.25) is 0 Å². The van der Waals surface area contributed by atoms with Crippen molar-refractivity contribution in [2.24, 2.45) is 0 Å². The van der Waals surface area contributed by atoms with Crippen molar-refractivity contribution in [3.05, 3.63) is 33.1 Å². The number of hydrogen-bond acceptors (Lipinski definition) is 1. The fraction of sp³-hybridized carbons (Fsp3) is 0.462. The molecule has 98 valence electrons. The number of carbonyl (C=O) groups is 1. The van der Waals surface area contributed by atoms with E-state index in [0.717, 1.165) is 25.7 Å². The van der Waals surface area contributed by atoms with Crippen LogP contribution < -0.4 is 5.32 Å². The van der Waals surface area contributed by atoms with Crippen LogP contribution in [0.2, 0.25) is 0 Å². The number of halogens is 3. The minimum atomic E-state index is -0.321. The highest BCUT2D eigenvalue weighted by molar-refractivity contribution is 14.1. The lowest BCUT2D eigenvalue weighted by atomic mass is 9.95. The second kappa shape index (κ2) is 6.19. The van der Waals surface area contributed by atoms with Gasteiger partial charge in [-0.2, -0.15) is 0 Å². The Kier molecular flexibility index (Phi) is 4.84. The van der Waals surface area contributed by atoms with Crippen LogP contribution in [0.1, 0.15) is 36.0 Å². The van der Waals surface area contributed by atoms with Gasteiger partial charge in [-0.3, -0.25) is 4.79 Å². The molecule has 2 nitrogen and oxygen atoms in total. The van der Waals surface area contributed by atoms with Crippen LogP contribution in [0.4, 0.5) is 4.39 Å². The summed E-state index contributed by atoms with van der Waals surface area (Å²) in [4.78, 5) is 12.1. The van der Waals surface area contributed by atoms with Gasteiger partial charge in [-0.25, -0.2) is 4.39 Å². The fourth-order valence-electron chi connectivity index (χ4n) is 2.13. The van der Waals surface area contributed by atoms with Gasteiger partial charge in [0.25, 0.3) is 5.91 Å². The summed E-state index contributed by atoms with van der Waals surface area (Å²) in [5.41, 5.74) is 0.532. The van der Waals surface area contributed by atoms with Crippen molar-refractivity contribution in [1.29, 1.82) is 0 Å². The van der Waals surface area contributed by atoms with Crippen molar-refractivity contribution in [2.75, 3.05) is 0 Å². The highest BCUT2D eigenvalue weighted by atomic mass is 127. The molecule has 1 aliphatic rings. The van der Waals surface area contributed by atoms with Gasteiger partial charge in [0.1, 0.15) is 5.82 Å². The van der Waals surface area contributed by atoms with E-state index in [0.29, 0.717) is 9.13 Å². The molecule has 0 saturated heterocycles. The fourth-order valence-corrected chi connectivity index (χ4v) is 3.11. The van der Waals surface area contributed by atoms with Crippen molar-refractivity contribution >= 4 is 40.1 Å². The van der Waals surface area contributed by atoms with E-state index in [9.17, 15) is 9.18 Å². The van der Waals surface area contributed by atoms with Gasteiger partial charge in [0, 0.05) is 15.0 Å². The molecule has 1 aromatic rings. The average Bonchev–Trinajstić information content (AvgIpc) is 2.32. The summed E-state index contributed by atoms with van der Waals surface area (Å²) in [6.45, 7) is 0. The Morgan fingerprint density at radius 2 is 2.00 bits per heavy atom. The molecule has 0 aliphatic heterocycles. The molecule has 0 radical (unpaired) electrons. The monoisotopic (exact) mass is 381 g/mol. The second-order valence-corrected chi connectivity index (χ2v) is 6.33. The minimum absolute atomic E-state index is 0.127. The Hall–Kier alpha value is -0.360. The zero-order chi connectivity index (χ0) is 13.1. The molecule has 0 spiro atoms. The number of amides is 1. The summed E-state index contributed by atoms with van der Waals surface area (Å²) < 4.78 is 13.6. The molecule has 1 aromatic carbocycles. The van der Waals surface area contributed by atoms with Crippen molar-refractivity contribution in [1.82, 2.24) is 5.32 Å². The van der Waals surface area contributed by atoms with Crippen LogP contribution in [0.5, 0.6) is 0 Å². The number of rotatable bonds is 2. The van der Waals surface area contributed by atoms with Crippen LogP contribution in [-0.4, -0.2) is 17.3 Å². The van der Waals surface area contributed by atoms with Gasteiger partial charge in [0.05, 0.1) is 5.56 Å². The van der Waals surface area contributed by atoms with E-state index in [1.165, 1.54) is 18.2 Å². The molecule has 1 fully saturated rings. The van der Waals surface area contributed by atoms with Crippen LogP contribution in [0.3, 0.4) is 0 Å². The van der Waals surface area contributed by atoms with E-state index in [1.54, 1.807) is 0 Å². The van der Waals surface area contributed by atoms with E-state index in [-0.39, 0.29) is 23.1 Å². The molecule has 1 saturated carbocycles. The highest BCUT2D eigenvalue weighted by Crippen LogP contribution is 2.23. The molecule has 18 heavy (non-hydrogen) atoms. The molecule has 0 heterocycles. The van der Waals surface area contributed by atoms with Crippen LogP contribution >= 0.6 is 34.2 Å². The smallest absolute Gasteiger partial charge is 0.252 e. The molecule has 1 N–H and O–H groups in total. The predicted molar refractivity (Wildman–Crippen MR) is 78.5 cm³/mol. The Bertz CT molecular complexity index is 447. The van der Waals surface area contributed by atoms with Gasteiger partial charge in [0.15, 0.2) is 0 Å². The van der Waals surface area contributed by atoms with Gasteiger partial charge in [-0.1, -0.05) is 0 Å². The summed E-state index contributed by atoms with van der Waals surface area (Å²) in [6, 6.07) is 4.39. The number of carbonyl (C=O) groups excluding carboxylic acids is 1. The normalized spacial score (nSPS) is 23.7. The highest BCUT2D eigenvalue weighted by Gasteiger charge is 2.22. The van der Waals surface area contributed by atoms with Gasteiger partial charge < -0.3 is 5.32 Å². The Balaban J connectivity index is 1.99. The number of alkyl halides is 1. The van der Waals surface area contributed by atoms with Crippen LogP contribution in [-0.2, 0) is 0 Å². The zero-order valence-corrected chi connectivity index (χ0v) is 12.7. The van der Waals surface area contributed by atoms with Crippen LogP contribution in [0.25, 0.3) is 0 Å². The topological polar surface area (TPSA) is 29.1 Å². The Morgan fingerprint density at radius 3 is 2.61 bits per heavy atom. The maximum absolute atomic E-state index is 13.0. The standard InChI is InChI=1S/C13H14ClFINO/c14-8-1-4-10(5-2-8)17-13(18)11-6-3-9(15)7-12(11)16/h3,6-8,10H,1-2,4-5H2,(H,17,18). The third-order valence-corrected chi connectivity index (χ3v) is 4.50. The molecule has 0 unspecified atom stereocenters. The maximum atomic E-state index is 13.0. The van der Waals surface area contributed by atoms with Crippen molar-refractivity contribution in [3.63, 3.8) is 0 Å². The third kappa shape index (κ3) is 3.57. The SMILES string of the molecule is O=C(NC1CCC(Cl)CC1)c1ccc(F)cc1I. The molecule has 1 amide bonds. The molecule has 0 atom stereocenters. The van der Waals surface area contributed by atoms with E-state index in [4.69, 9.17) is 11.6 Å². The summed E-state index contributed by atoms with van der Waals surface area (Å²) >= 11 is 8.00. The lowest BCUT2D eigenvalue weighted by Crippen LogP contribution is -2.38. The molecule has 5 heteroatoms. The summed E-state index contributed by atoms with van der Waals surface area (Å²) in [7, 11) is 0. The molecule has 0 aromatic heterocycles. The first kappa shape index (κ1) is 14.1. The lowest BCUT2D eigenvalue weighted by Gasteiger charge is -2.26. The second-order valence-electron chi connectivity index (χ2n) is 4.55. The maximum Gasteiger partial charge on any atom is 0.252 e. The lowest BCUT2D eigenvalue weighted by molar-refractivity contribution is 0.0927.